The summed E-state index contributed by atoms with van der Waals surface area (Å²) in [6.07, 6.45) is -2.59. The molecular weight excluding hydrogens is 577 g/mol. The predicted octanol–water partition coefficient (Wildman–Crippen LogP) is 1.50. The summed E-state index contributed by atoms with van der Waals surface area (Å²) in [4.78, 5) is 53.7. The van der Waals surface area contributed by atoms with Crippen molar-refractivity contribution in [3.63, 3.8) is 0 Å². The molecule has 2 unspecified atom stereocenters. The van der Waals surface area contributed by atoms with E-state index in [1.807, 2.05) is 27.7 Å². The summed E-state index contributed by atoms with van der Waals surface area (Å²) < 4.78 is 47.9. The number of rotatable bonds is 14. The number of ether oxygens (including phenoxy) is 5. The molecule has 0 bridgehead atoms. The number of carbonyl (C=O) groups is 3. The molecule has 1 aromatic rings. The molecule has 0 amide bonds. The van der Waals surface area contributed by atoms with Gasteiger partial charge in [0.25, 0.3) is 0 Å². The van der Waals surface area contributed by atoms with Crippen LogP contribution in [-0.4, -0.2) is 78.4 Å². The van der Waals surface area contributed by atoms with E-state index in [1.54, 1.807) is 0 Å². The average Bonchev–Trinajstić information content (AvgIpc) is 3.34. The fourth-order valence-corrected chi connectivity index (χ4v) is 6.72. The largest absolute Gasteiger partial charge is 0.509 e. The summed E-state index contributed by atoms with van der Waals surface area (Å²) >= 11 is 0. The second-order valence-electron chi connectivity index (χ2n) is 11.2. The van der Waals surface area contributed by atoms with Gasteiger partial charge in [-0.15, -0.1) is 0 Å². The molecule has 16 nitrogen and oxygen atoms in total. The van der Waals surface area contributed by atoms with Crippen molar-refractivity contribution in [1.82, 2.24) is 19.7 Å². The lowest BCUT2D eigenvalue weighted by Crippen LogP contribution is -2.46. The van der Waals surface area contributed by atoms with Crippen molar-refractivity contribution in [3.05, 3.63) is 22.7 Å². The molecule has 17 heteroatoms. The number of nitrogen functional groups attached to an aromatic ring is 1. The van der Waals surface area contributed by atoms with Gasteiger partial charge in [-0.1, -0.05) is 27.7 Å². The summed E-state index contributed by atoms with van der Waals surface area (Å²) in [7, 11) is -1.88. The number of nitrogens with two attached hydrogens (primary N) is 1. The first-order chi connectivity index (χ1) is 19.6. The first-order valence-corrected chi connectivity index (χ1v) is 15.1. The van der Waals surface area contributed by atoms with Gasteiger partial charge in [0.1, 0.15) is 24.0 Å². The highest BCUT2D eigenvalue weighted by atomic mass is 31.2. The van der Waals surface area contributed by atoms with Crippen molar-refractivity contribution < 1.29 is 47.2 Å². The molecule has 0 aliphatic carbocycles. The zero-order chi connectivity index (χ0) is 31.4. The molecule has 0 radical (unpaired) electrons. The number of fused-ring (bicyclic) bond motifs is 1. The van der Waals surface area contributed by atoms with Gasteiger partial charge in [-0.2, -0.15) is 4.98 Å². The van der Waals surface area contributed by atoms with Crippen LogP contribution in [0.15, 0.2) is 17.1 Å². The maximum absolute atomic E-state index is 14.3. The van der Waals surface area contributed by atoms with E-state index in [1.165, 1.54) is 33.4 Å². The Morgan fingerprint density at radius 1 is 1.10 bits per heavy atom. The Bertz CT molecular complexity index is 1220. The zero-order valence-electron chi connectivity index (χ0n) is 24.7. The molecule has 3 rings (SSSR count). The molecule has 1 aromatic heterocycles. The van der Waals surface area contributed by atoms with Crippen molar-refractivity contribution in [2.45, 2.75) is 83.6 Å². The van der Waals surface area contributed by atoms with Crippen LogP contribution in [0.3, 0.4) is 0 Å². The van der Waals surface area contributed by atoms with E-state index >= 15 is 0 Å². The molecule has 2 saturated heterocycles. The van der Waals surface area contributed by atoms with Gasteiger partial charge in [0, 0.05) is 6.20 Å². The van der Waals surface area contributed by atoms with E-state index in [4.69, 9.17) is 33.9 Å². The summed E-state index contributed by atoms with van der Waals surface area (Å²) in [5.74, 6) is -1.42. The molecule has 2 fully saturated rings. The third-order valence-corrected chi connectivity index (χ3v) is 8.60. The Balaban J connectivity index is 1.93. The number of esters is 2. The third kappa shape index (κ3) is 7.67. The van der Waals surface area contributed by atoms with Crippen LogP contribution in [0.5, 0.6) is 0 Å². The predicted molar refractivity (Wildman–Crippen MR) is 147 cm³/mol. The van der Waals surface area contributed by atoms with E-state index in [-0.39, 0.29) is 30.5 Å². The van der Waals surface area contributed by atoms with Crippen LogP contribution in [0.1, 0.15) is 53.7 Å². The normalized spacial score (nSPS) is 26.2. The lowest BCUT2D eigenvalue weighted by atomic mass is 9.96. The van der Waals surface area contributed by atoms with E-state index in [9.17, 15) is 23.7 Å². The molecule has 2 aliphatic heterocycles. The van der Waals surface area contributed by atoms with Crippen LogP contribution in [0.2, 0.25) is 0 Å². The van der Waals surface area contributed by atoms with E-state index in [0.29, 0.717) is 0 Å². The monoisotopic (exact) mass is 617 g/mol. The van der Waals surface area contributed by atoms with Crippen LogP contribution in [0, 0.1) is 11.8 Å². The molecule has 0 saturated carbocycles. The smallest absolute Gasteiger partial charge is 0.468 e. The van der Waals surface area contributed by atoms with Crippen molar-refractivity contribution in [3.8, 4) is 0 Å². The van der Waals surface area contributed by atoms with Crippen molar-refractivity contribution in [2.24, 2.45) is 11.8 Å². The maximum atomic E-state index is 14.3. The molecular formula is C25H40N5O11P. The zero-order valence-corrected chi connectivity index (χ0v) is 25.6. The van der Waals surface area contributed by atoms with Crippen LogP contribution < -0.4 is 21.6 Å². The second-order valence-corrected chi connectivity index (χ2v) is 13.0. The minimum Gasteiger partial charge on any atom is -0.468 e. The molecule has 0 aromatic carbocycles. The van der Waals surface area contributed by atoms with Gasteiger partial charge in [0.15, 0.2) is 17.9 Å². The summed E-state index contributed by atoms with van der Waals surface area (Å²) in [6.45, 7) is 8.49. The van der Waals surface area contributed by atoms with E-state index in [0.717, 1.165) is 4.57 Å². The number of anilines is 1. The van der Waals surface area contributed by atoms with Gasteiger partial charge in [0.2, 0.25) is 0 Å². The number of methoxy groups -OCH3 is 2. The Labute approximate surface area is 243 Å². The van der Waals surface area contributed by atoms with Gasteiger partial charge in [-0.05, 0) is 37.7 Å². The van der Waals surface area contributed by atoms with Crippen LogP contribution in [0.25, 0.3) is 0 Å². The highest BCUT2D eigenvalue weighted by Gasteiger charge is 2.64. The second kappa shape index (κ2) is 13.5. The van der Waals surface area contributed by atoms with Gasteiger partial charge in [-0.3, -0.25) is 18.7 Å². The van der Waals surface area contributed by atoms with Crippen LogP contribution in [-0.2, 0) is 42.4 Å². The van der Waals surface area contributed by atoms with Crippen molar-refractivity contribution in [1.29, 1.82) is 0 Å². The molecule has 236 valence electrons. The molecule has 3 heterocycles. The number of hydrogen-bond donors (Lipinski definition) is 3. The molecule has 4 N–H and O–H groups in total. The lowest BCUT2D eigenvalue weighted by Gasteiger charge is -2.30. The van der Waals surface area contributed by atoms with Gasteiger partial charge in [-0.25, -0.2) is 19.8 Å². The Kier molecular flexibility index (Phi) is 10.8. The number of nitrogens with zero attached hydrogens (tertiary/aromatic N) is 2. The standard InChI is InChI=1S/C25H40N5O11P/c1-13(2)10-15(20(31)36-6)28-42(35,29-16(11-14(3)4)21(32)37-7)38-12-17-19-25(5,41-24(34)40-19)22(39-17)30-9-8-18(26)27-23(30)33/h8-9,13-17,19,22H,10-12H2,1-7H3,(H2,26,27,33)(H2,28,29,35)/t15?,16?,17-,19-,22-,25-,42?/m1/s1. The Morgan fingerprint density at radius 3 is 2.12 bits per heavy atom. The van der Waals surface area contributed by atoms with Gasteiger partial charge in [0.05, 0.1) is 20.8 Å². The highest BCUT2D eigenvalue weighted by molar-refractivity contribution is 7.54. The minimum absolute atomic E-state index is 0.0105. The van der Waals surface area contributed by atoms with Gasteiger partial charge >= 0.3 is 31.5 Å². The van der Waals surface area contributed by atoms with Gasteiger partial charge < -0.3 is 33.9 Å². The van der Waals surface area contributed by atoms with E-state index in [2.05, 4.69) is 15.2 Å². The van der Waals surface area contributed by atoms with E-state index < -0.39 is 74.2 Å². The fraction of sp³-hybridized carbons (Fsp3) is 0.720. The Hall–Kier alpha value is -3.04. The first-order valence-electron chi connectivity index (χ1n) is 13.5. The number of carbonyl (C=O) groups excluding carboxylic acids is 3. The first kappa shape index (κ1) is 33.5. The lowest BCUT2D eigenvalue weighted by molar-refractivity contribution is -0.143. The number of hydrogen-bond acceptors (Lipinski definition) is 13. The molecule has 42 heavy (non-hydrogen) atoms. The van der Waals surface area contributed by atoms with Crippen LogP contribution >= 0.6 is 7.67 Å². The summed E-state index contributed by atoms with van der Waals surface area (Å²) in [6, 6.07) is -0.767. The number of nitrogens with one attached hydrogen (secondary N) is 2. The topological polar surface area (TPSA) is 209 Å². The quantitative estimate of drug-likeness (QED) is 0.153. The molecule has 2 aliphatic rings. The minimum atomic E-state index is -4.27. The van der Waals surface area contributed by atoms with Crippen molar-refractivity contribution in [2.75, 3.05) is 26.6 Å². The van der Waals surface area contributed by atoms with Crippen LogP contribution in [0.4, 0.5) is 10.6 Å². The maximum Gasteiger partial charge on any atom is 0.509 e. The SMILES string of the molecule is COC(=O)C(CC(C)C)NP(=O)(NC(CC(C)C)C(=O)OC)OC[C@H]1O[C@@H](n2ccc(N)nc2=O)[C@]2(C)OC(=O)O[C@H]12. The summed E-state index contributed by atoms with van der Waals surface area (Å²) in [5, 5.41) is 5.44. The fourth-order valence-electron chi connectivity index (χ4n) is 4.89. The third-order valence-electron chi connectivity index (χ3n) is 6.79. The molecule has 0 spiro atoms. The summed E-state index contributed by atoms with van der Waals surface area (Å²) in [5.41, 5.74) is 3.36. The highest BCUT2D eigenvalue weighted by Crippen LogP contribution is 2.48. The number of aromatic nitrogens is 2. The molecule has 6 atom stereocenters. The Morgan fingerprint density at radius 2 is 1.64 bits per heavy atom. The average molecular weight is 618 g/mol. The van der Waals surface area contributed by atoms with Crippen molar-refractivity contribution >= 4 is 31.6 Å².